The molecule has 0 unspecified atom stereocenters. The zero-order valence-corrected chi connectivity index (χ0v) is 12.5. The average Bonchev–Trinajstić information content (AvgIpc) is 2.34. The van der Waals surface area contributed by atoms with Crippen molar-refractivity contribution in [3.05, 3.63) is 69.2 Å². The van der Waals surface area contributed by atoms with Gasteiger partial charge in [-0.15, -0.1) is 0 Å². The maximum atomic E-state index is 6.15. The maximum absolute atomic E-state index is 6.15. The van der Waals surface area contributed by atoms with Crippen LogP contribution >= 0.6 is 11.6 Å². The van der Waals surface area contributed by atoms with Crippen LogP contribution in [-0.4, -0.2) is 0 Å². The van der Waals surface area contributed by atoms with E-state index < -0.39 is 0 Å². The van der Waals surface area contributed by atoms with Crippen molar-refractivity contribution in [1.82, 2.24) is 5.32 Å². The van der Waals surface area contributed by atoms with Crippen molar-refractivity contribution in [2.24, 2.45) is 0 Å². The summed E-state index contributed by atoms with van der Waals surface area (Å²) < 4.78 is 0. The molecule has 1 nitrogen and oxygen atoms in total. The SMILES string of the molecule is Cc1cc(C)c(CNCc2ccccc2Cl)c(C)c1. The van der Waals surface area contributed by atoms with Gasteiger partial charge in [-0.3, -0.25) is 0 Å². The van der Waals surface area contributed by atoms with Crippen LogP contribution in [0.5, 0.6) is 0 Å². The highest BCUT2D eigenvalue weighted by atomic mass is 35.5. The maximum Gasteiger partial charge on any atom is 0.0450 e. The number of halogens is 1. The molecule has 0 aliphatic heterocycles. The lowest BCUT2D eigenvalue weighted by Crippen LogP contribution is -2.14. The van der Waals surface area contributed by atoms with Gasteiger partial charge in [0.2, 0.25) is 0 Å². The summed E-state index contributed by atoms with van der Waals surface area (Å²) in [6.07, 6.45) is 0. The molecule has 0 aliphatic carbocycles. The minimum Gasteiger partial charge on any atom is -0.309 e. The van der Waals surface area contributed by atoms with Crippen molar-refractivity contribution in [1.29, 1.82) is 0 Å². The first kappa shape index (κ1) is 14.1. The minimum absolute atomic E-state index is 0.798. The van der Waals surface area contributed by atoms with Crippen LogP contribution in [0.25, 0.3) is 0 Å². The van der Waals surface area contributed by atoms with Gasteiger partial charge in [0, 0.05) is 18.1 Å². The van der Waals surface area contributed by atoms with E-state index in [1.54, 1.807) is 0 Å². The Morgan fingerprint density at radius 2 is 1.58 bits per heavy atom. The van der Waals surface area contributed by atoms with Crippen LogP contribution in [0.4, 0.5) is 0 Å². The molecular weight excluding hydrogens is 254 g/mol. The highest BCUT2D eigenvalue weighted by Crippen LogP contribution is 2.17. The molecule has 0 amide bonds. The fourth-order valence-corrected chi connectivity index (χ4v) is 2.66. The first-order chi connectivity index (χ1) is 9.08. The fourth-order valence-electron chi connectivity index (χ4n) is 2.45. The predicted octanol–water partition coefficient (Wildman–Crippen LogP) is 4.56. The molecule has 2 heteroatoms. The summed E-state index contributed by atoms with van der Waals surface area (Å²) in [5.41, 5.74) is 6.56. The summed E-state index contributed by atoms with van der Waals surface area (Å²) in [5.74, 6) is 0. The number of aryl methyl sites for hydroxylation is 3. The number of hydrogen-bond acceptors (Lipinski definition) is 1. The van der Waals surface area contributed by atoms with E-state index in [1.165, 1.54) is 22.3 Å². The Balaban J connectivity index is 2.02. The van der Waals surface area contributed by atoms with Crippen LogP contribution in [0.15, 0.2) is 36.4 Å². The van der Waals surface area contributed by atoms with E-state index in [9.17, 15) is 0 Å². The highest BCUT2D eigenvalue weighted by Gasteiger charge is 2.04. The molecule has 0 aromatic heterocycles. The zero-order chi connectivity index (χ0) is 13.8. The Morgan fingerprint density at radius 1 is 0.947 bits per heavy atom. The molecule has 0 saturated carbocycles. The Morgan fingerprint density at radius 3 is 2.21 bits per heavy atom. The van der Waals surface area contributed by atoms with Gasteiger partial charge in [0.05, 0.1) is 0 Å². The molecule has 0 fully saturated rings. The third-order valence-electron chi connectivity index (χ3n) is 3.42. The first-order valence-corrected chi connectivity index (χ1v) is 6.96. The molecular formula is C17H20ClN. The summed E-state index contributed by atoms with van der Waals surface area (Å²) in [6, 6.07) is 12.4. The number of benzene rings is 2. The van der Waals surface area contributed by atoms with Gasteiger partial charge >= 0.3 is 0 Å². The summed E-state index contributed by atoms with van der Waals surface area (Å²) in [6.45, 7) is 8.16. The van der Waals surface area contributed by atoms with Crippen molar-refractivity contribution in [3.8, 4) is 0 Å². The van der Waals surface area contributed by atoms with E-state index in [-0.39, 0.29) is 0 Å². The van der Waals surface area contributed by atoms with Gasteiger partial charge in [-0.2, -0.15) is 0 Å². The normalized spacial score (nSPS) is 10.7. The second-order valence-electron chi connectivity index (χ2n) is 5.07. The van der Waals surface area contributed by atoms with E-state index >= 15 is 0 Å². The highest BCUT2D eigenvalue weighted by molar-refractivity contribution is 6.31. The second kappa shape index (κ2) is 6.23. The van der Waals surface area contributed by atoms with Crippen LogP contribution < -0.4 is 5.32 Å². The van der Waals surface area contributed by atoms with Crippen LogP contribution in [0, 0.1) is 20.8 Å². The van der Waals surface area contributed by atoms with E-state index in [0.717, 1.165) is 23.7 Å². The zero-order valence-electron chi connectivity index (χ0n) is 11.8. The summed E-state index contributed by atoms with van der Waals surface area (Å²) >= 11 is 6.15. The van der Waals surface area contributed by atoms with Crippen molar-refractivity contribution in [2.45, 2.75) is 33.9 Å². The Kier molecular flexibility index (Phi) is 4.62. The molecule has 1 N–H and O–H groups in total. The lowest BCUT2D eigenvalue weighted by molar-refractivity contribution is 0.687. The Bertz CT molecular complexity index is 552. The molecule has 0 spiro atoms. The molecule has 0 atom stereocenters. The predicted molar refractivity (Wildman–Crippen MR) is 82.6 cm³/mol. The smallest absolute Gasteiger partial charge is 0.0450 e. The third-order valence-corrected chi connectivity index (χ3v) is 3.78. The molecule has 2 rings (SSSR count). The monoisotopic (exact) mass is 273 g/mol. The summed E-state index contributed by atoms with van der Waals surface area (Å²) in [7, 11) is 0. The molecule has 0 radical (unpaired) electrons. The van der Waals surface area contributed by atoms with Gasteiger partial charge in [-0.25, -0.2) is 0 Å². The van der Waals surface area contributed by atoms with Crippen molar-refractivity contribution in [3.63, 3.8) is 0 Å². The molecule has 0 heterocycles. The van der Waals surface area contributed by atoms with Crippen molar-refractivity contribution in [2.75, 3.05) is 0 Å². The van der Waals surface area contributed by atoms with Crippen LogP contribution in [0.2, 0.25) is 5.02 Å². The van der Waals surface area contributed by atoms with Crippen LogP contribution in [0.3, 0.4) is 0 Å². The van der Waals surface area contributed by atoms with E-state index in [0.29, 0.717) is 0 Å². The number of rotatable bonds is 4. The molecule has 2 aromatic carbocycles. The standard InChI is InChI=1S/C17H20ClN/c1-12-8-13(2)16(14(3)9-12)11-19-10-15-6-4-5-7-17(15)18/h4-9,19H,10-11H2,1-3H3. The van der Waals surface area contributed by atoms with Gasteiger partial charge < -0.3 is 5.32 Å². The second-order valence-corrected chi connectivity index (χ2v) is 5.48. The first-order valence-electron chi connectivity index (χ1n) is 6.59. The molecule has 19 heavy (non-hydrogen) atoms. The van der Waals surface area contributed by atoms with Crippen LogP contribution in [-0.2, 0) is 13.1 Å². The fraction of sp³-hybridized carbons (Fsp3) is 0.294. The van der Waals surface area contributed by atoms with E-state index in [2.05, 4.69) is 44.3 Å². The summed E-state index contributed by atoms with van der Waals surface area (Å²) in [4.78, 5) is 0. The van der Waals surface area contributed by atoms with Gasteiger partial charge in [0.25, 0.3) is 0 Å². The Labute approximate surface area is 120 Å². The third kappa shape index (κ3) is 3.59. The van der Waals surface area contributed by atoms with Crippen molar-refractivity contribution < 1.29 is 0 Å². The summed E-state index contributed by atoms with van der Waals surface area (Å²) in [5, 5.41) is 4.30. The minimum atomic E-state index is 0.798. The molecule has 2 aromatic rings. The Hall–Kier alpha value is -1.31. The lowest BCUT2D eigenvalue weighted by atomic mass is 10.00. The number of hydrogen-bond donors (Lipinski definition) is 1. The topological polar surface area (TPSA) is 12.0 Å². The van der Waals surface area contributed by atoms with Gasteiger partial charge in [-0.05, 0) is 49.1 Å². The largest absolute Gasteiger partial charge is 0.309 e. The molecule has 0 aliphatic rings. The van der Waals surface area contributed by atoms with Gasteiger partial charge in [0.1, 0.15) is 0 Å². The van der Waals surface area contributed by atoms with Gasteiger partial charge in [-0.1, -0.05) is 47.5 Å². The average molecular weight is 274 g/mol. The molecule has 0 saturated heterocycles. The van der Waals surface area contributed by atoms with Crippen molar-refractivity contribution >= 4 is 11.6 Å². The van der Waals surface area contributed by atoms with E-state index in [4.69, 9.17) is 11.6 Å². The number of nitrogens with one attached hydrogen (secondary N) is 1. The van der Waals surface area contributed by atoms with Crippen LogP contribution in [0.1, 0.15) is 27.8 Å². The molecule has 100 valence electrons. The molecule has 0 bridgehead atoms. The lowest BCUT2D eigenvalue weighted by Gasteiger charge is -2.13. The quantitative estimate of drug-likeness (QED) is 0.861. The van der Waals surface area contributed by atoms with Gasteiger partial charge in [0.15, 0.2) is 0 Å². The van der Waals surface area contributed by atoms with E-state index in [1.807, 2.05) is 18.2 Å².